The Morgan fingerprint density at radius 2 is 1.76 bits per heavy atom. The molecule has 1 aromatic heterocycles. The van der Waals surface area contributed by atoms with E-state index < -0.39 is 0 Å². The van der Waals surface area contributed by atoms with Crippen molar-refractivity contribution in [1.29, 1.82) is 0 Å². The first-order valence-electron chi connectivity index (χ1n) is 7.30. The van der Waals surface area contributed by atoms with E-state index in [1.807, 2.05) is 6.07 Å². The van der Waals surface area contributed by atoms with Gasteiger partial charge in [-0.2, -0.15) is 0 Å². The van der Waals surface area contributed by atoms with E-state index in [4.69, 9.17) is 4.98 Å². The van der Waals surface area contributed by atoms with E-state index in [2.05, 4.69) is 65.3 Å². The maximum atomic E-state index is 4.94. The molecule has 0 fully saturated rings. The van der Waals surface area contributed by atoms with Crippen molar-refractivity contribution in [3.8, 4) is 22.6 Å². The molecular formula is C18H17N3. The molecule has 3 nitrogen and oxygen atoms in total. The molecule has 0 spiro atoms. The summed E-state index contributed by atoms with van der Waals surface area (Å²) in [6.45, 7) is 4.03. The Kier molecular flexibility index (Phi) is 2.78. The Balaban J connectivity index is 1.95. The molecule has 0 saturated carbocycles. The molecule has 4 rings (SSSR count). The van der Waals surface area contributed by atoms with E-state index >= 15 is 0 Å². The summed E-state index contributed by atoms with van der Waals surface area (Å²) in [5, 5.41) is 3.48. The molecule has 0 saturated heterocycles. The fourth-order valence-corrected chi connectivity index (χ4v) is 3.02. The average Bonchev–Trinajstić information content (AvgIpc) is 2.75. The lowest BCUT2D eigenvalue weighted by Gasteiger charge is -2.06. The molecule has 0 unspecified atom stereocenters. The van der Waals surface area contributed by atoms with Crippen LogP contribution in [0.1, 0.15) is 5.69 Å². The summed E-state index contributed by atoms with van der Waals surface area (Å²) in [6, 6.07) is 18.8. The van der Waals surface area contributed by atoms with E-state index in [1.54, 1.807) is 0 Å². The van der Waals surface area contributed by atoms with Crippen molar-refractivity contribution in [2.45, 2.75) is 13.5 Å². The van der Waals surface area contributed by atoms with Gasteiger partial charge in [0.1, 0.15) is 5.82 Å². The number of para-hydroxylation sites is 1. The molecule has 2 heterocycles. The van der Waals surface area contributed by atoms with E-state index in [1.165, 1.54) is 22.5 Å². The van der Waals surface area contributed by atoms with Gasteiger partial charge in [-0.15, -0.1) is 0 Å². The van der Waals surface area contributed by atoms with Gasteiger partial charge in [0.25, 0.3) is 0 Å². The molecule has 104 valence electrons. The molecule has 0 bridgehead atoms. The third-order valence-corrected chi connectivity index (χ3v) is 4.09. The molecule has 0 atom stereocenters. The molecule has 1 aliphatic rings. The number of fused-ring (bicyclic) bond motifs is 3. The summed E-state index contributed by atoms with van der Waals surface area (Å²) < 4.78 is 2.32. The largest absolute Gasteiger partial charge is 0.383 e. The number of nitrogens with zero attached hydrogens (tertiary/aromatic N) is 2. The van der Waals surface area contributed by atoms with Crippen LogP contribution in [0.5, 0.6) is 0 Å². The molecule has 3 heteroatoms. The first-order chi connectivity index (χ1) is 10.3. The molecule has 0 radical (unpaired) electrons. The zero-order valence-corrected chi connectivity index (χ0v) is 12.0. The third-order valence-electron chi connectivity index (χ3n) is 4.09. The second kappa shape index (κ2) is 4.77. The fourth-order valence-electron chi connectivity index (χ4n) is 3.02. The van der Waals surface area contributed by atoms with Crippen molar-refractivity contribution >= 4 is 5.69 Å². The van der Waals surface area contributed by atoms with Gasteiger partial charge in [0, 0.05) is 35.6 Å². The molecule has 1 N–H and O–H groups in total. The maximum absolute atomic E-state index is 4.94. The van der Waals surface area contributed by atoms with Crippen LogP contribution in [0, 0.1) is 6.92 Å². The summed E-state index contributed by atoms with van der Waals surface area (Å²) in [5.41, 5.74) is 5.85. The second-order valence-corrected chi connectivity index (χ2v) is 5.36. The van der Waals surface area contributed by atoms with Crippen molar-refractivity contribution in [2.24, 2.45) is 0 Å². The number of aromatic nitrogens is 2. The van der Waals surface area contributed by atoms with Gasteiger partial charge < -0.3 is 9.88 Å². The second-order valence-electron chi connectivity index (χ2n) is 5.36. The van der Waals surface area contributed by atoms with Gasteiger partial charge in [-0.25, -0.2) is 4.98 Å². The van der Waals surface area contributed by atoms with Crippen LogP contribution in [0.15, 0.2) is 54.6 Å². The van der Waals surface area contributed by atoms with E-state index in [0.29, 0.717) is 0 Å². The monoisotopic (exact) mass is 275 g/mol. The predicted molar refractivity (Wildman–Crippen MR) is 86.3 cm³/mol. The lowest BCUT2D eigenvalue weighted by atomic mass is 10.1. The van der Waals surface area contributed by atoms with E-state index in [-0.39, 0.29) is 0 Å². The standard InChI is InChI=1S/C18H17N3/c1-13-17(14-7-3-2-4-8-14)20-18-15-9-5-6-10-16(15)19-11-12-21(13)18/h2-10,19H,11-12H2,1H3. The molecule has 3 aromatic rings. The predicted octanol–water partition coefficient (Wildman–Crippen LogP) is 3.95. The van der Waals surface area contributed by atoms with Gasteiger partial charge in [-0.1, -0.05) is 42.5 Å². The number of hydrogen-bond acceptors (Lipinski definition) is 2. The van der Waals surface area contributed by atoms with Crippen LogP contribution in [-0.4, -0.2) is 16.1 Å². The van der Waals surface area contributed by atoms with Crippen LogP contribution in [-0.2, 0) is 6.54 Å². The van der Waals surface area contributed by atoms with Crippen molar-refractivity contribution in [3.05, 3.63) is 60.3 Å². The highest BCUT2D eigenvalue weighted by Crippen LogP contribution is 2.34. The molecule has 21 heavy (non-hydrogen) atoms. The van der Waals surface area contributed by atoms with E-state index in [0.717, 1.165) is 24.6 Å². The topological polar surface area (TPSA) is 29.9 Å². The lowest BCUT2D eigenvalue weighted by molar-refractivity contribution is 0.723. The zero-order valence-electron chi connectivity index (χ0n) is 12.0. The zero-order chi connectivity index (χ0) is 14.2. The first-order valence-corrected chi connectivity index (χ1v) is 7.30. The molecule has 1 aliphatic heterocycles. The minimum atomic E-state index is 0.926. The number of nitrogens with one attached hydrogen (secondary N) is 1. The smallest absolute Gasteiger partial charge is 0.143 e. The van der Waals surface area contributed by atoms with Crippen LogP contribution in [0.2, 0.25) is 0 Å². The van der Waals surface area contributed by atoms with Crippen LogP contribution in [0.3, 0.4) is 0 Å². The number of benzene rings is 2. The van der Waals surface area contributed by atoms with Gasteiger partial charge in [0.15, 0.2) is 0 Å². The van der Waals surface area contributed by atoms with Gasteiger partial charge in [-0.3, -0.25) is 0 Å². The van der Waals surface area contributed by atoms with Crippen LogP contribution in [0.4, 0.5) is 5.69 Å². The summed E-state index contributed by atoms with van der Waals surface area (Å²) in [6.07, 6.45) is 0. The van der Waals surface area contributed by atoms with Crippen molar-refractivity contribution in [2.75, 3.05) is 11.9 Å². The number of rotatable bonds is 1. The van der Waals surface area contributed by atoms with Gasteiger partial charge in [-0.05, 0) is 19.1 Å². The Morgan fingerprint density at radius 1 is 1.00 bits per heavy atom. The number of anilines is 1. The summed E-state index contributed by atoms with van der Waals surface area (Å²) in [4.78, 5) is 4.94. The number of imidazole rings is 1. The lowest BCUT2D eigenvalue weighted by Crippen LogP contribution is -2.08. The normalized spacial score (nSPS) is 13.0. The van der Waals surface area contributed by atoms with Crippen LogP contribution in [0.25, 0.3) is 22.6 Å². The Morgan fingerprint density at radius 3 is 2.62 bits per heavy atom. The summed E-state index contributed by atoms with van der Waals surface area (Å²) in [7, 11) is 0. The van der Waals surface area contributed by atoms with Crippen molar-refractivity contribution in [1.82, 2.24) is 9.55 Å². The Bertz CT molecular complexity index is 787. The summed E-state index contributed by atoms with van der Waals surface area (Å²) >= 11 is 0. The van der Waals surface area contributed by atoms with Gasteiger partial charge in [0.05, 0.1) is 5.69 Å². The highest BCUT2D eigenvalue weighted by Gasteiger charge is 2.20. The van der Waals surface area contributed by atoms with Crippen molar-refractivity contribution < 1.29 is 0 Å². The molecule has 2 aromatic carbocycles. The van der Waals surface area contributed by atoms with Crippen LogP contribution >= 0.6 is 0 Å². The minimum Gasteiger partial charge on any atom is -0.383 e. The average molecular weight is 275 g/mol. The maximum Gasteiger partial charge on any atom is 0.143 e. The number of hydrogen-bond donors (Lipinski definition) is 1. The van der Waals surface area contributed by atoms with Gasteiger partial charge in [0.2, 0.25) is 0 Å². The Hall–Kier alpha value is -2.55. The Labute approximate surface area is 124 Å². The molecule has 0 amide bonds. The highest BCUT2D eigenvalue weighted by atomic mass is 15.1. The van der Waals surface area contributed by atoms with Crippen LogP contribution < -0.4 is 5.32 Å². The summed E-state index contributed by atoms with van der Waals surface area (Å²) in [5.74, 6) is 1.06. The quantitative estimate of drug-likeness (QED) is 0.728. The first kappa shape index (κ1) is 12.2. The van der Waals surface area contributed by atoms with Crippen molar-refractivity contribution in [3.63, 3.8) is 0 Å². The minimum absolute atomic E-state index is 0.926. The third kappa shape index (κ3) is 1.93. The molecule has 0 aliphatic carbocycles. The SMILES string of the molecule is Cc1c(-c2ccccc2)nc2n1CCNc1ccccc1-2. The fraction of sp³-hybridized carbons (Fsp3) is 0.167. The highest BCUT2D eigenvalue weighted by molar-refractivity contribution is 5.77. The van der Waals surface area contributed by atoms with E-state index in [9.17, 15) is 0 Å². The van der Waals surface area contributed by atoms with Gasteiger partial charge >= 0.3 is 0 Å². The molecular weight excluding hydrogens is 258 g/mol.